The van der Waals surface area contributed by atoms with Crippen LogP contribution in [0.1, 0.15) is 22.4 Å². The minimum atomic E-state index is -4.97. The zero-order valence-electron chi connectivity index (χ0n) is 16.6. The van der Waals surface area contributed by atoms with Gasteiger partial charge in [-0.05, 0) is 41.6 Å². The molecule has 0 saturated carbocycles. The standard InChI is InChI=1S/C20H13F6N5OS/c1-27-17-16(33-18(32)30-17)6-13-4-11-7-29-31(15(11)8-28-13)9-10-2-3-12(19(21,22)23)5-14(10)20(24,25)26/h2-8H,9H2,1H3,(H,27,30,32)/b16-6-. The topological polar surface area (TPSA) is 72.2 Å². The first kappa shape index (κ1) is 22.8. The summed E-state index contributed by atoms with van der Waals surface area (Å²) in [7, 11) is 1.52. The third kappa shape index (κ3) is 4.72. The number of nitrogens with one attached hydrogen (secondary N) is 1. The van der Waals surface area contributed by atoms with Crippen molar-refractivity contribution >= 4 is 39.8 Å². The summed E-state index contributed by atoms with van der Waals surface area (Å²) in [6, 6.07) is 3.14. The lowest BCUT2D eigenvalue weighted by atomic mass is 10.0. The average molecular weight is 485 g/mol. The highest BCUT2D eigenvalue weighted by Gasteiger charge is 2.38. The fraction of sp³-hybridized carbons (Fsp3) is 0.200. The second-order valence-electron chi connectivity index (χ2n) is 6.93. The molecule has 1 fully saturated rings. The first-order valence-corrected chi connectivity index (χ1v) is 10.0. The van der Waals surface area contributed by atoms with E-state index in [1.165, 1.54) is 24.1 Å². The number of carbonyl (C=O) groups is 1. The molecule has 1 aliphatic heterocycles. The van der Waals surface area contributed by atoms with E-state index in [1.807, 2.05) is 0 Å². The molecular formula is C20H13F6N5OS. The van der Waals surface area contributed by atoms with Crippen LogP contribution in [0.2, 0.25) is 0 Å². The summed E-state index contributed by atoms with van der Waals surface area (Å²) >= 11 is 0.945. The highest BCUT2D eigenvalue weighted by atomic mass is 32.2. The Morgan fingerprint density at radius 2 is 1.88 bits per heavy atom. The van der Waals surface area contributed by atoms with Crippen LogP contribution in [-0.4, -0.2) is 32.9 Å². The van der Waals surface area contributed by atoms with Crippen LogP contribution >= 0.6 is 11.8 Å². The maximum atomic E-state index is 13.4. The predicted octanol–water partition coefficient (Wildman–Crippen LogP) is 5.34. The molecule has 2 aromatic heterocycles. The number of aromatic nitrogens is 3. The van der Waals surface area contributed by atoms with Gasteiger partial charge in [-0.3, -0.25) is 19.5 Å². The van der Waals surface area contributed by atoms with Crippen molar-refractivity contribution in [2.75, 3.05) is 7.05 Å². The summed E-state index contributed by atoms with van der Waals surface area (Å²) in [6.07, 6.45) is -5.44. The molecule has 172 valence electrons. The van der Waals surface area contributed by atoms with E-state index in [0.717, 1.165) is 17.8 Å². The summed E-state index contributed by atoms with van der Waals surface area (Å²) in [6.45, 7) is -0.403. The summed E-state index contributed by atoms with van der Waals surface area (Å²) < 4.78 is 80.2. The van der Waals surface area contributed by atoms with Crippen LogP contribution in [0.5, 0.6) is 0 Å². The molecule has 3 heterocycles. The van der Waals surface area contributed by atoms with E-state index in [4.69, 9.17) is 0 Å². The molecule has 3 aromatic rings. The minimum absolute atomic E-state index is 0.102. The van der Waals surface area contributed by atoms with Gasteiger partial charge in [-0.25, -0.2) is 0 Å². The number of rotatable bonds is 3. The van der Waals surface area contributed by atoms with Crippen molar-refractivity contribution in [3.05, 3.63) is 63.9 Å². The van der Waals surface area contributed by atoms with Gasteiger partial charge < -0.3 is 5.32 Å². The van der Waals surface area contributed by atoms with Crippen LogP contribution in [0.15, 0.2) is 46.6 Å². The van der Waals surface area contributed by atoms with Gasteiger partial charge >= 0.3 is 12.4 Å². The number of carbonyl (C=O) groups excluding carboxylic acids is 1. The van der Waals surface area contributed by atoms with Crippen LogP contribution in [0.25, 0.3) is 17.0 Å². The number of alkyl halides is 6. The molecule has 13 heteroatoms. The van der Waals surface area contributed by atoms with Crippen molar-refractivity contribution in [3.8, 4) is 0 Å². The minimum Gasteiger partial charge on any atom is -0.300 e. The smallest absolute Gasteiger partial charge is 0.300 e. The number of fused-ring (bicyclic) bond motifs is 1. The quantitative estimate of drug-likeness (QED) is 0.509. The maximum absolute atomic E-state index is 13.4. The third-order valence-electron chi connectivity index (χ3n) is 4.77. The maximum Gasteiger partial charge on any atom is 0.416 e. The lowest BCUT2D eigenvalue weighted by Crippen LogP contribution is -2.18. The van der Waals surface area contributed by atoms with Crippen molar-refractivity contribution in [1.29, 1.82) is 0 Å². The number of amides is 1. The van der Waals surface area contributed by atoms with Gasteiger partial charge in [0, 0.05) is 12.4 Å². The number of hydrogen-bond donors (Lipinski definition) is 1. The number of amidine groups is 1. The molecule has 1 aliphatic rings. The molecule has 1 aromatic carbocycles. The van der Waals surface area contributed by atoms with Crippen molar-refractivity contribution in [1.82, 2.24) is 20.1 Å². The highest BCUT2D eigenvalue weighted by molar-refractivity contribution is 8.18. The third-order valence-corrected chi connectivity index (χ3v) is 5.59. The molecule has 0 aliphatic carbocycles. The Labute approximate surface area is 186 Å². The van der Waals surface area contributed by atoms with Crippen LogP contribution in [0, 0.1) is 0 Å². The molecule has 0 radical (unpaired) electrons. The van der Waals surface area contributed by atoms with Gasteiger partial charge in [0.25, 0.3) is 5.24 Å². The molecule has 0 unspecified atom stereocenters. The Morgan fingerprint density at radius 3 is 2.55 bits per heavy atom. The van der Waals surface area contributed by atoms with E-state index in [0.29, 0.717) is 33.4 Å². The van der Waals surface area contributed by atoms with E-state index in [9.17, 15) is 31.1 Å². The molecule has 4 rings (SSSR count). The summed E-state index contributed by atoms with van der Waals surface area (Å²) in [5, 5.41) is 6.91. The molecule has 0 spiro atoms. The van der Waals surface area contributed by atoms with Crippen molar-refractivity contribution in [2.24, 2.45) is 4.99 Å². The monoisotopic (exact) mass is 485 g/mol. The van der Waals surface area contributed by atoms with Crippen LogP contribution in [0.4, 0.5) is 31.1 Å². The molecule has 1 saturated heterocycles. The van der Waals surface area contributed by atoms with E-state index in [-0.39, 0.29) is 16.9 Å². The average Bonchev–Trinajstić information content (AvgIpc) is 3.29. The Balaban J connectivity index is 1.68. The zero-order chi connectivity index (χ0) is 24.0. The molecule has 33 heavy (non-hydrogen) atoms. The molecular weight excluding hydrogens is 472 g/mol. The Bertz CT molecular complexity index is 1310. The Morgan fingerprint density at radius 1 is 1.12 bits per heavy atom. The van der Waals surface area contributed by atoms with Crippen LogP contribution < -0.4 is 5.32 Å². The number of aliphatic imine (C=N–C) groups is 1. The van der Waals surface area contributed by atoms with Gasteiger partial charge in [0.1, 0.15) is 5.84 Å². The SMILES string of the molecule is CN=C1NC(=O)S/C1=C\c1cc2cnn(Cc3ccc(C(F)(F)F)cc3C(F)(F)F)c2cn1. The number of hydrogen-bond acceptors (Lipinski definition) is 5. The fourth-order valence-electron chi connectivity index (χ4n) is 3.24. The van der Waals surface area contributed by atoms with E-state index in [2.05, 4.69) is 20.4 Å². The molecule has 1 amide bonds. The van der Waals surface area contributed by atoms with Gasteiger partial charge in [-0.15, -0.1) is 0 Å². The van der Waals surface area contributed by atoms with E-state index < -0.39 is 30.0 Å². The first-order valence-electron chi connectivity index (χ1n) is 9.22. The van der Waals surface area contributed by atoms with Gasteiger partial charge in [-0.2, -0.15) is 31.4 Å². The van der Waals surface area contributed by atoms with Crippen LogP contribution in [-0.2, 0) is 18.9 Å². The lowest BCUT2D eigenvalue weighted by Gasteiger charge is -2.16. The first-order chi connectivity index (χ1) is 15.5. The number of pyridine rings is 1. The van der Waals surface area contributed by atoms with Crippen molar-refractivity contribution < 1.29 is 31.1 Å². The summed E-state index contributed by atoms with van der Waals surface area (Å²) in [4.78, 5) is 20.3. The second-order valence-corrected chi connectivity index (χ2v) is 7.95. The Kier molecular flexibility index (Phi) is 5.68. The summed E-state index contributed by atoms with van der Waals surface area (Å²) in [5.41, 5.74) is -2.26. The van der Waals surface area contributed by atoms with E-state index >= 15 is 0 Å². The predicted molar refractivity (Wildman–Crippen MR) is 111 cm³/mol. The number of thioether (sulfide) groups is 1. The van der Waals surface area contributed by atoms with E-state index in [1.54, 1.807) is 12.1 Å². The lowest BCUT2D eigenvalue weighted by molar-refractivity contribution is -0.143. The van der Waals surface area contributed by atoms with Gasteiger partial charge in [0.05, 0.1) is 46.2 Å². The molecule has 0 atom stereocenters. The fourth-order valence-corrected chi connectivity index (χ4v) is 4.01. The van der Waals surface area contributed by atoms with Gasteiger partial charge in [-0.1, -0.05) is 6.07 Å². The normalized spacial score (nSPS) is 17.4. The molecule has 1 N–H and O–H groups in total. The van der Waals surface area contributed by atoms with Gasteiger partial charge in [0.2, 0.25) is 0 Å². The second kappa shape index (κ2) is 8.21. The van der Waals surface area contributed by atoms with Crippen molar-refractivity contribution in [2.45, 2.75) is 18.9 Å². The number of benzene rings is 1. The number of nitrogens with zero attached hydrogens (tertiary/aromatic N) is 4. The Hall–Kier alpha value is -3.35. The summed E-state index contributed by atoms with van der Waals surface area (Å²) in [5.74, 6) is 0.393. The molecule has 6 nitrogen and oxygen atoms in total. The molecule has 0 bridgehead atoms. The number of halogens is 6. The highest BCUT2D eigenvalue weighted by Crippen LogP contribution is 2.37. The van der Waals surface area contributed by atoms with Crippen molar-refractivity contribution in [3.63, 3.8) is 0 Å². The van der Waals surface area contributed by atoms with Crippen LogP contribution in [0.3, 0.4) is 0 Å². The van der Waals surface area contributed by atoms with Gasteiger partial charge in [0.15, 0.2) is 0 Å². The zero-order valence-corrected chi connectivity index (χ0v) is 17.4. The largest absolute Gasteiger partial charge is 0.416 e.